The standard InChI is InChI=1S/C22H27F2N5O2/c1-11(30-2)8-29-9-14-15(10-29)19(14)17-6-16(27-21(28-17)12-3-4-12)13-5-18(31-22(23)24)20(25)26-7-13/h5-7,11-12,14-15,19,22H,3-4,8-10H2,1-2H3,(H2,25,26)/t11-,14-,15+,19+/m0/s1. The van der Waals surface area contributed by atoms with E-state index in [1.54, 1.807) is 13.3 Å². The van der Waals surface area contributed by atoms with Gasteiger partial charge >= 0.3 is 6.61 Å². The Morgan fingerprint density at radius 3 is 2.58 bits per heavy atom. The van der Waals surface area contributed by atoms with Crippen LogP contribution in [0.2, 0.25) is 0 Å². The third-order valence-corrected chi connectivity index (χ3v) is 6.63. The maximum absolute atomic E-state index is 12.7. The van der Waals surface area contributed by atoms with Crippen molar-refractivity contribution in [1.29, 1.82) is 0 Å². The van der Waals surface area contributed by atoms with Gasteiger partial charge in [0, 0.05) is 56.0 Å². The Balaban J connectivity index is 1.39. The van der Waals surface area contributed by atoms with E-state index < -0.39 is 6.61 Å². The largest absolute Gasteiger partial charge is 0.431 e. The summed E-state index contributed by atoms with van der Waals surface area (Å²) >= 11 is 0. The normalized spacial score (nSPS) is 26.2. The number of methoxy groups -OCH3 is 1. The molecule has 1 saturated heterocycles. The monoisotopic (exact) mass is 431 g/mol. The summed E-state index contributed by atoms with van der Waals surface area (Å²) in [6.07, 6.45) is 3.95. The number of anilines is 1. The van der Waals surface area contributed by atoms with Crippen LogP contribution in [0.5, 0.6) is 5.75 Å². The number of likely N-dealkylation sites (tertiary alicyclic amines) is 1. The first-order valence-electron chi connectivity index (χ1n) is 10.8. The molecule has 2 aromatic rings. The first kappa shape index (κ1) is 20.5. The molecule has 0 radical (unpaired) electrons. The van der Waals surface area contributed by atoms with Crippen molar-refractivity contribution in [2.45, 2.75) is 44.3 Å². The van der Waals surface area contributed by atoms with Crippen LogP contribution < -0.4 is 10.5 Å². The number of fused-ring (bicyclic) bond motifs is 1. The molecule has 0 aromatic carbocycles. The van der Waals surface area contributed by atoms with E-state index in [0.29, 0.717) is 34.9 Å². The lowest BCUT2D eigenvalue weighted by Crippen LogP contribution is -2.32. The predicted octanol–water partition coefficient (Wildman–Crippen LogP) is 3.28. The summed E-state index contributed by atoms with van der Waals surface area (Å²) in [5, 5.41) is 0. The van der Waals surface area contributed by atoms with E-state index in [1.165, 1.54) is 6.07 Å². The van der Waals surface area contributed by atoms with Crippen molar-refractivity contribution in [2.24, 2.45) is 11.8 Å². The highest BCUT2D eigenvalue weighted by molar-refractivity contribution is 5.64. The Labute approximate surface area is 180 Å². The SMILES string of the molecule is CO[C@@H](C)CN1C[C@@H]2[C@H](C1)[C@H]2c1cc(-c2cnc(N)c(OC(F)F)c2)nc(C2CC2)n1. The molecule has 7 nitrogen and oxygen atoms in total. The van der Waals surface area contributed by atoms with Gasteiger partial charge in [0.15, 0.2) is 11.6 Å². The van der Waals surface area contributed by atoms with Gasteiger partial charge < -0.3 is 20.1 Å². The highest BCUT2D eigenvalue weighted by atomic mass is 19.3. The van der Waals surface area contributed by atoms with Crippen LogP contribution in [-0.4, -0.2) is 59.3 Å². The van der Waals surface area contributed by atoms with Crippen LogP contribution in [0.4, 0.5) is 14.6 Å². The minimum absolute atomic E-state index is 0.0668. The van der Waals surface area contributed by atoms with Crippen molar-refractivity contribution in [2.75, 3.05) is 32.5 Å². The molecule has 5 rings (SSSR count). The summed E-state index contributed by atoms with van der Waals surface area (Å²) in [6, 6.07) is 3.47. The maximum atomic E-state index is 12.7. The number of alkyl halides is 2. The third-order valence-electron chi connectivity index (χ3n) is 6.63. The quantitative estimate of drug-likeness (QED) is 0.686. The van der Waals surface area contributed by atoms with E-state index in [9.17, 15) is 8.78 Å². The van der Waals surface area contributed by atoms with Gasteiger partial charge in [0.05, 0.1) is 11.8 Å². The Morgan fingerprint density at radius 2 is 1.94 bits per heavy atom. The van der Waals surface area contributed by atoms with Gasteiger partial charge in [0.25, 0.3) is 0 Å². The fraction of sp³-hybridized carbons (Fsp3) is 0.591. The van der Waals surface area contributed by atoms with Gasteiger partial charge in [-0.25, -0.2) is 15.0 Å². The Morgan fingerprint density at radius 1 is 1.19 bits per heavy atom. The van der Waals surface area contributed by atoms with Crippen LogP contribution in [0.15, 0.2) is 18.3 Å². The minimum Gasteiger partial charge on any atom is -0.431 e. The summed E-state index contributed by atoms with van der Waals surface area (Å²) in [4.78, 5) is 16.1. The Bertz CT molecular complexity index is 959. The molecule has 166 valence electrons. The second kappa shape index (κ2) is 7.94. The maximum Gasteiger partial charge on any atom is 0.387 e. The van der Waals surface area contributed by atoms with E-state index in [1.807, 2.05) is 6.07 Å². The number of pyridine rings is 1. The van der Waals surface area contributed by atoms with Crippen LogP contribution in [0.3, 0.4) is 0 Å². The van der Waals surface area contributed by atoms with E-state index in [2.05, 4.69) is 21.5 Å². The van der Waals surface area contributed by atoms with Crippen molar-refractivity contribution in [3.8, 4) is 17.0 Å². The van der Waals surface area contributed by atoms with Crippen molar-refractivity contribution < 1.29 is 18.3 Å². The smallest absolute Gasteiger partial charge is 0.387 e. The van der Waals surface area contributed by atoms with Crippen LogP contribution in [0.1, 0.15) is 43.1 Å². The average Bonchev–Trinajstić information content (AvgIpc) is 3.66. The first-order chi connectivity index (χ1) is 14.9. The van der Waals surface area contributed by atoms with Crippen molar-refractivity contribution in [3.05, 3.63) is 29.8 Å². The van der Waals surface area contributed by atoms with Gasteiger partial charge in [-0.2, -0.15) is 8.78 Å². The molecule has 3 aliphatic rings. The minimum atomic E-state index is -2.96. The summed E-state index contributed by atoms with van der Waals surface area (Å²) in [7, 11) is 1.75. The number of nitrogens with zero attached hydrogens (tertiary/aromatic N) is 4. The molecule has 3 heterocycles. The van der Waals surface area contributed by atoms with Gasteiger partial charge in [-0.3, -0.25) is 0 Å². The topological polar surface area (TPSA) is 86.4 Å². The molecule has 0 spiro atoms. The Hall–Kier alpha value is -2.39. The van der Waals surface area contributed by atoms with E-state index >= 15 is 0 Å². The second-order valence-corrected chi connectivity index (χ2v) is 8.91. The van der Waals surface area contributed by atoms with Gasteiger partial charge in [0.2, 0.25) is 0 Å². The van der Waals surface area contributed by atoms with Gasteiger partial charge in [0.1, 0.15) is 5.82 Å². The number of piperidine rings is 1. The zero-order chi connectivity index (χ0) is 21.7. The second-order valence-electron chi connectivity index (χ2n) is 8.91. The average molecular weight is 431 g/mol. The summed E-state index contributed by atoms with van der Waals surface area (Å²) in [6.45, 7) is 2.18. The number of nitrogens with two attached hydrogens (primary N) is 1. The number of hydrogen-bond acceptors (Lipinski definition) is 7. The highest BCUT2D eigenvalue weighted by Gasteiger charge is 2.57. The molecule has 2 N–H and O–H groups in total. The van der Waals surface area contributed by atoms with Crippen LogP contribution in [0.25, 0.3) is 11.3 Å². The lowest BCUT2D eigenvalue weighted by molar-refractivity contribution is -0.0494. The molecule has 2 saturated carbocycles. The number of nitrogen functional groups attached to an aromatic ring is 1. The summed E-state index contributed by atoms with van der Waals surface area (Å²) in [5.74, 6) is 2.65. The van der Waals surface area contributed by atoms with Crippen LogP contribution >= 0.6 is 0 Å². The number of hydrogen-bond donors (Lipinski definition) is 1. The fourth-order valence-corrected chi connectivity index (χ4v) is 4.75. The number of aromatic nitrogens is 3. The molecule has 1 aliphatic heterocycles. The summed E-state index contributed by atoms with van der Waals surface area (Å²) in [5.41, 5.74) is 8.04. The van der Waals surface area contributed by atoms with Crippen molar-refractivity contribution >= 4 is 5.82 Å². The molecule has 0 amide bonds. The molecule has 0 unspecified atom stereocenters. The lowest BCUT2D eigenvalue weighted by Gasteiger charge is -2.22. The van der Waals surface area contributed by atoms with E-state index in [4.69, 9.17) is 20.4 Å². The number of halogens is 2. The fourth-order valence-electron chi connectivity index (χ4n) is 4.75. The molecule has 31 heavy (non-hydrogen) atoms. The molecule has 3 fully saturated rings. The zero-order valence-electron chi connectivity index (χ0n) is 17.7. The van der Waals surface area contributed by atoms with Crippen LogP contribution in [0, 0.1) is 11.8 Å². The molecular formula is C22H27F2N5O2. The molecule has 0 bridgehead atoms. The Kier molecular flexibility index (Phi) is 5.26. The van der Waals surface area contributed by atoms with Gasteiger partial charge in [-0.15, -0.1) is 0 Å². The molecule has 9 heteroatoms. The lowest BCUT2D eigenvalue weighted by atomic mass is 10.1. The number of ether oxygens (including phenoxy) is 2. The molecule has 4 atom stereocenters. The zero-order valence-corrected chi connectivity index (χ0v) is 17.7. The van der Waals surface area contributed by atoms with Crippen molar-refractivity contribution in [1.82, 2.24) is 19.9 Å². The van der Waals surface area contributed by atoms with Crippen molar-refractivity contribution in [3.63, 3.8) is 0 Å². The molecular weight excluding hydrogens is 404 g/mol. The third kappa shape index (κ3) is 4.21. The number of rotatable bonds is 8. The predicted molar refractivity (Wildman–Crippen MR) is 111 cm³/mol. The van der Waals surface area contributed by atoms with Gasteiger partial charge in [-0.1, -0.05) is 0 Å². The van der Waals surface area contributed by atoms with Crippen LogP contribution in [-0.2, 0) is 4.74 Å². The first-order valence-corrected chi connectivity index (χ1v) is 10.8. The molecule has 2 aromatic heterocycles. The highest BCUT2D eigenvalue weighted by Crippen LogP contribution is 2.58. The van der Waals surface area contributed by atoms with Gasteiger partial charge in [-0.05, 0) is 43.7 Å². The molecule has 2 aliphatic carbocycles. The van der Waals surface area contributed by atoms with E-state index in [-0.39, 0.29) is 17.7 Å². The summed E-state index contributed by atoms with van der Waals surface area (Å²) < 4.78 is 35.3. The van der Waals surface area contributed by atoms with E-state index in [0.717, 1.165) is 44.0 Å².